The maximum absolute atomic E-state index is 12.1. The molecule has 1 fully saturated rings. The van der Waals surface area contributed by atoms with Crippen molar-refractivity contribution < 1.29 is 29.0 Å². The molecule has 4 rings (SSSR count). The van der Waals surface area contributed by atoms with Crippen LogP contribution in [0, 0.1) is 0 Å². The molecule has 1 amide bonds. The van der Waals surface area contributed by atoms with Crippen molar-refractivity contribution in [3.63, 3.8) is 0 Å². The number of aromatic nitrogens is 1. The first-order chi connectivity index (χ1) is 15.6. The molecule has 8 nitrogen and oxygen atoms in total. The zero-order valence-electron chi connectivity index (χ0n) is 17.5. The van der Waals surface area contributed by atoms with Crippen LogP contribution in [-0.2, 0) is 16.0 Å². The normalized spacial score (nSPS) is 20.6. The fourth-order valence-electron chi connectivity index (χ4n) is 3.65. The van der Waals surface area contributed by atoms with Crippen LogP contribution in [0.15, 0.2) is 65.2 Å². The molecule has 0 radical (unpaired) electrons. The lowest BCUT2D eigenvalue weighted by molar-refractivity contribution is -0.130. The second-order valence-corrected chi connectivity index (χ2v) is 7.78. The van der Waals surface area contributed by atoms with Crippen molar-refractivity contribution in [2.24, 2.45) is 0 Å². The molecule has 0 saturated carbocycles. The third-order valence-corrected chi connectivity index (χ3v) is 5.32. The number of carbonyl (C=O) groups is 1. The standard InChI is InChI=1S/C24H26N2O6/c27-18-6-4-5-16(11-18)22-13-17(26-32-22)12-20-9-10-21(28)23(31-20)14-25-24(29)15-30-19-7-2-1-3-8-19/h1-8,11,13,20-21,23,27-28H,9-10,12,14-15H2,(H,25,29). The summed E-state index contributed by atoms with van der Waals surface area (Å²) in [5.74, 6) is 1.06. The summed E-state index contributed by atoms with van der Waals surface area (Å²) in [7, 11) is 0. The van der Waals surface area contributed by atoms with Crippen molar-refractivity contribution >= 4 is 5.91 Å². The Labute approximate surface area is 185 Å². The van der Waals surface area contributed by atoms with E-state index in [0.29, 0.717) is 30.8 Å². The number of benzene rings is 2. The second-order valence-electron chi connectivity index (χ2n) is 7.78. The molecule has 3 unspecified atom stereocenters. The van der Waals surface area contributed by atoms with Crippen LogP contribution in [0.25, 0.3) is 11.3 Å². The van der Waals surface area contributed by atoms with Gasteiger partial charge < -0.3 is 29.5 Å². The maximum atomic E-state index is 12.1. The molecule has 2 aromatic carbocycles. The number of ether oxygens (including phenoxy) is 2. The number of carbonyl (C=O) groups excluding carboxylic acids is 1. The lowest BCUT2D eigenvalue weighted by Gasteiger charge is -2.33. The van der Waals surface area contributed by atoms with Crippen LogP contribution < -0.4 is 10.1 Å². The maximum Gasteiger partial charge on any atom is 0.258 e. The summed E-state index contributed by atoms with van der Waals surface area (Å²) in [4.78, 5) is 12.1. The molecule has 1 saturated heterocycles. The van der Waals surface area contributed by atoms with Gasteiger partial charge in [0.25, 0.3) is 5.91 Å². The van der Waals surface area contributed by atoms with Gasteiger partial charge in [0.15, 0.2) is 12.4 Å². The van der Waals surface area contributed by atoms with Gasteiger partial charge in [0.05, 0.1) is 17.9 Å². The minimum absolute atomic E-state index is 0.104. The van der Waals surface area contributed by atoms with Crippen LogP contribution in [-0.4, -0.2) is 52.7 Å². The van der Waals surface area contributed by atoms with Gasteiger partial charge in [0, 0.05) is 24.6 Å². The van der Waals surface area contributed by atoms with E-state index in [2.05, 4.69) is 10.5 Å². The van der Waals surface area contributed by atoms with Crippen LogP contribution in [0.3, 0.4) is 0 Å². The third-order valence-electron chi connectivity index (χ3n) is 5.32. The quantitative estimate of drug-likeness (QED) is 0.495. The summed E-state index contributed by atoms with van der Waals surface area (Å²) >= 11 is 0. The van der Waals surface area contributed by atoms with E-state index in [1.165, 1.54) is 0 Å². The summed E-state index contributed by atoms with van der Waals surface area (Å²) in [6.07, 6.45) is 0.466. The van der Waals surface area contributed by atoms with E-state index in [0.717, 1.165) is 11.3 Å². The number of aliphatic hydroxyl groups excluding tert-OH is 1. The highest BCUT2D eigenvalue weighted by Gasteiger charge is 2.31. The fourth-order valence-corrected chi connectivity index (χ4v) is 3.65. The van der Waals surface area contributed by atoms with Gasteiger partial charge in [-0.25, -0.2) is 0 Å². The summed E-state index contributed by atoms with van der Waals surface area (Å²) in [5.41, 5.74) is 1.46. The highest BCUT2D eigenvalue weighted by molar-refractivity contribution is 5.77. The monoisotopic (exact) mass is 438 g/mol. The van der Waals surface area contributed by atoms with Crippen molar-refractivity contribution in [3.05, 3.63) is 66.4 Å². The number of phenolic OH excluding ortho intramolecular Hbond substituents is 1. The lowest BCUT2D eigenvalue weighted by Crippen LogP contribution is -2.47. The summed E-state index contributed by atoms with van der Waals surface area (Å²) in [5, 5.41) is 26.8. The number of aromatic hydroxyl groups is 1. The predicted molar refractivity (Wildman–Crippen MR) is 116 cm³/mol. The topological polar surface area (TPSA) is 114 Å². The van der Waals surface area contributed by atoms with Gasteiger partial charge >= 0.3 is 0 Å². The SMILES string of the molecule is O=C(COc1ccccc1)NCC1OC(Cc2cc(-c3cccc(O)c3)on2)CCC1O. The van der Waals surface area contributed by atoms with Crippen molar-refractivity contribution in [2.75, 3.05) is 13.2 Å². The summed E-state index contributed by atoms with van der Waals surface area (Å²) in [6, 6.07) is 17.7. The molecule has 3 N–H and O–H groups in total. The van der Waals surface area contributed by atoms with Crippen molar-refractivity contribution in [2.45, 2.75) is 37.6 Å². The van der Waals surface area contributed by atoms with Crippen LogP contribution in [0.1, 0.15) is 18.5 Å². The number of rotatable bonds is 8. The number of hydrogen-bond acceptors (Lipinski definition) is 7. The largest absolute Gasteiger partial charge is 0.508 e. The summed E-state index contributed by atoms with van der Waals surface area (Å²) < 4.78 is 16.9. The number of aliphatic hydroxyl groups is 1. The van der Waals surface area contributed by atoms with Gasteiger partial charge in [0.2, 0.25) is 0 Å². The van der Waals surface area contributed by atoms with Crippen LogP contribution in [0.2, 0.25) is 0 Å². The zero-order chi connectivity index (χ0) is 22.3. The molecule has 0 aliphatic carbocycles. The highest BCUT2D eigenvalue weighted by atomic mass is 16.5. The Balaban J connectivity index is 1.26. The molecule has 3 atom stereocenters. The Morgan fingerprint density at radius 3 is 2.78 bits per heavy atom. The zero-order valence-corrected chi connectivity index (χ0v) is 17.5. The summed E-state index contributed by atoms with van der Waals surface area (Å²) in [6.45, 7) is 0.0923. The minimum Gasteiger partial charge on any atom is -0.508 e. The van der Waals surface area contributed by atoms with Crippen LogP contribution in [0.5, 0.6) is 11.5 Å². The van der Waals surface area contributed by atoms with Gasteiger partial charge in [-0.1, -0.05) is 35.5 Å². The second kappa shape index (κ2) is 10.3. The molecule has 3 aromatic rings. The van der Waals surface area contributed by atoms with Gasteiger partial charge in [-0.3, -0.25) is 4.79 Å². The van der Waals surface area contributed by atoms with E-state index in [1.54, 1.807) is 30.3 Å². The fraction of sp³-hybridized carbons (Fsp3) is 0.333. The minimum atomic E-state index is -0.651. The molecular weight excluding hydrogens is 412 g/mol. The molecule has 1 aliphatic heterocycles. The van der Waals surface area contributed by atoms with Gasteiger partial charge in [-0.2, -0.15) is 0 Å². The Kier molecular flexibility index (Phi) is 7.03. The van der Waals surface area contributed by atoms with E-state index >= 15 is 0 Å². The first kappa shape index (κ1) is 21.9. The Morgan fingerprint density at radius 1 is 1.12 bits per heavy atom. The van der Waals surface area contributed by atoms with Gasteiger partial charge in [-0.05, 0) is 37.1 Å². The molecule has 2 heterocycles. The van der Waals surface area contributed by atoms with Crippen molar-refractivity contribution in [1.29, 1.82) is 0 Å². The number of amides is 1. The average Bonchev–Trinajstić information content (AvgIpc) is 3.27. The number of hydrogen-bond donors (Lipinski definition) is 3. The van der Waals surface area contributed by atoms with Crippen molar-refractivity contribution in [1.82, 2.24) is 10.5 Å². The number of nitrogens with one attached hydrogen (secondary N) is 1. The smallest absolute Gasteiger partial charge is 0.258 e. The molecule has 1 aliphatic rings. The highest BCUT2D eigenvalue weighted by Crippen LogP contribution is 2.26. The Bertz CT molecular complexity index is 1020. The van der Waals surface area contributed by atoms with E-state index in [9.17, 15) is 15.0 Å². The Morgan fingerprint density at radius 2 is 1.97 bits per heavy atom. The van der Waals surface area contributed by atoms with Crippen LogP contribution >= 0.6 is 0 Å². The number of para-hydroxylation sites is 1. The first-order valence-electron chi connectivity index (χ1n) is 10.6. The van der Waals surface area contributed by atoms with Gasteiger partial charge in [0.1, 0.15) is 17.6 Å². The van der Waals surface area contributed by atoms with E-state index in [4.69, 9.17) is 14.0 Å². The first-order valence-corrected chi connectivity index (χ1v) is 10.6. The molecule has 0 spiro atoms. The van der Waals surface area contributed by atoms with E-state index in [1.807, 2.05) is 30.3 Å². The van der Waals surface area contributed by atoms with E-state index < -0.39 is 12.2 Å². The molecular formula is C24H26N2O6. The molecule has 8 heteroatoms. The molecule has 32 heavy (non-hydrogen) atoms. The number of nitrogens with zero attached hydrogens (tertiary/aromatic N) is 1. The molecule has 168 valence electrons. The van der Waals surface area contributed by atoms with E-state index in [-0.39, 0.29) is 30.9 Å². The number of phenols is 1. The Hall–Kier alpha value is -3.36. The van der Waals surface area contributed by atoms with Gasteiger partial charge in [-0.15, -0.1) is 0 Å². The predicted octanol–water partition coefficient (Wildman–Crippen LogP) is 2.69. The molecule has 0 bridgehead atoms. The van der Waals surface area contributed by atoms with Crippen molar-refractivity contribution in [3.8, 4) is 22.8 Å². The lowest BCUT2D eigenvalue weighted by atomic mass is 9.98. The molecule has 1 aromatic heterocycles. The average molecular weight is 438 g/mol. The third kappa shape index (κ3) is 5.87. The van der Waals surface area contributed by atoms with Crippen LogP contribution in [0.4, 0.5) is 0 Å².